The van der Waals surface area contributed by atoms with Gasteiger partial charge in [-0.05, 0) is 36.8 Å². The van der Waals surface area contributed by atoms with E-state index in [1.54, 1.807) is 33.5 Å². The molecule has 0 spiro atoms. The number of para-hydroxylation sites is 2. The molecule has 0 saturated carbocycles. The summed E-state index contributed by atoms with van der Waals surface area (Å²) < 4.78 is 15.7. The van der Waals surface area contributed by atoms with Gasteiger partial charge in [-0.15, -0.1) is 0 Å². The SMILES string of the molecule is COc1ccccc1NC(=O)N[C@H](C)c1ccc(OC)c(OC)c1. The number of carbonyl (C=O) groups excluding carboxylic acids is 1. The maximum absolute atomic E-state index is 12.2. The molecular weight excluding hydrogens is 308 g/mol. The summed E-state index contributed by atoms with van der Waals surface area (Å²) in [6.07, 6.45) is 0. The molecule has 6 nitrogen and oxygen atoms in total. The van der Waals surface area contributed by atoms with Crippen molar-refractivity contribution in [3.63, 3.8) is 0 Å². The summed E-state index contributed by atoms with van der Waals surface area (Å²) in [4.78, 5) is 12.2. The predicted octanol–water partition coefficient (Wildman–Crippen LogP) is 3.60. The van der Waals surface area contributed by atoms with E-state index in [1.165, 1.54) is 0 Å². The van der Waals surface area contributed by atoms with Crippen LogP contribution in [0.2, 0.25) is 0 Å². The van der Waals surface area contributed by atoms with Gasteiger partial charge in [0.05, 0.1) is 33.1 Å². The molecule has 128 valence electrons. The molecule has 0 heterocycles. The minimum absolute atomic E-state index is 0.209. The smallest absolute Gasteiger partial charge is 0.319 e. The number of amides is 2. The van der Waals surface area contributed by atoms with Crippen LogP contribution >= 0.6 is 0 Å². The van der Waals surface area contributed by atoms with Crippen molar-refractivity contribution < 1.29 is 19.0 Å². The first kappa shape index (κ1) is 17.5. The Balaban J connectivity index is 2.06. The van der Waals surface area contributed by atoms with Crippen LogP contribution in [-0.2, 0) is 0 Å². The Bertz CT molecular complexity index is 703. The molecule has 2 aromatic rings. The number of ether oxygens (including phenoxy) is 3. The number of hydrogen-bond donors (Lipinski definition) is 2. The van der Waals surface area contributed by atoms with Crippen molar-refractivity contribution in [3.8, 4) is 17.2 Å². The van der Waals surface area contributed by atoms with Crippen molar-refractivity contribution >= 4 is 11.7 Å². The zero-order valence-corrected chi connectivity index (χ0v) is 14.3. The molecule has 2 rings (SSSR count). The normalized spacial score (nSPS) is 11.3. The zero-order chi connectivity index (χ0) is 17.5. The summed E-state index contributed by atoms with van der Waals surface area (Å²) in [5.74, 6) is 1.87. The van der Waals surface area contributed by atoms with Crippen LogP contribution in [0.25, 0.3) is 0 Å². The molecule has 24 heavy (non-hydrogen) atoms. The summed E-state index contributed by atoms with van der Waals surface area (Å²) >= 11 is 0. The summed E-state index contributed by atoms with van der Waals surface area (Å²) in [7, 11) is 4.72. The van der Waals surface area contributed by atoms with Crippen LogP contribution in [0.3, 0.4) is 0 Å². The van der Waals surface area contributed by atoms with Crippen LogP contribution < -0.4 is 24.8 Å². The van der Waals surface area contributed by atoms with Gasteiger partial charge in [-0.1, -0.05) is 18.2 Å². The maximum Gasteiger partial charge on any atom is 0.319 e. The molecule has 2 N–H and O–H groups in total. The van der Waals surface area contributed by atoms with Crippen LogP contribution in [0.15, 0.2) is 42.5 Å². The van der Waals surface area contributed by atoms with Crippen LogP contribution in [0, 0.1) is 0 Å². The summed E-state index contributed by atoms with van der Waals surface area (Å²) in [5, 5.41) is 5.67. The van der Waals surface area contributed by atoms with Gasteiger partial charge in [-0.2, -0.15) is 0 Å². The number of benzene rings is 2. The average molecular weight is 330 g/mol. The van der Waals surface area contributed by atoms with Gasteiger partial charge in [0.1, 0.15) is 5.75 Å². The molecule has 6 heteroatoms. The van der Waals surface area contributed by atoms with Gasteiger partial charge in [0.2, 0.25) is 0 Å². The molecule has 0 unspecified atom stereocenters. The number of rotatable bonds is 6. The first-order valence-corrected chi connectivity index (χ1v) is 7.51. The largest absolute Gasteiger partial charge is 0.495 e. The Labute approximate surface area is 141 Å². The summed E-state index contributed by atoms with van der Waals surface area (Å²) in [6, 6.07) is 12.2. The zero-order valence-electron chi connectivity index (χ0n) is 14.3. The third-order valence-electron chi connectivity index (χ3n) is 3.61. The highest BCUT2D eigenvalue weighted by atomic mass is 16.5. The van der Waals surface area contributed by atoms with Gasteiger partial charge in [0, 0.05) is 0 Å². The minimum Gasteiger partial charge on any atom is -0.495 e. The van der Waals surface area contributed by atoms with E-state index in [0.29, 0.717) is 22.9 Å². The van der Waals surface area contributed by atoms with Gasteiger partial charge < -0.3 is 24.8 Å². The Kier molecular flexibility index (Phi) is 5.89. The van der Waals surface area contributed by atoms with Gasteiger partial charge >= 0.3 is 6.03 Å². The minimum atomic E-state index is -0.318. The molecule has 0 aliphatic rings. The first-order valence-electron chi connectivity index (χ1n) is 7.51. The lowest BCUT2D eigenvalue weighted by atomic mass is 10.1. The second-order valence-electron chi connectivity index (χ2n) is 5.13. The van der Waals surface area contributed by atoms with Gasteiger partial charge in [-0.3, -0.25) is 0 Å². The lowest BCUT2D eigenvalue weighted by Gasteiger charge is -2.17. The van der Waals surface area contributed by atoms with Crippen LogP contribution in [-0.4, -0.2) is 27.4 Å². The van der Waals surface area contributed by atoms with Gasteiger partial charge in [-0.25, -0.2) is 4.79 Å². The lowest BCUT2D eigenvalue weighted by Crippen LogP contribution is -2.31. The predicted molar refractivity (Wildman–Crippen MR) is 93.1 cm³/mol. The topological polar surface area (TPSA) is 68.8 Å². The second-order valence-corrected chi connectivity index (χ2v) is 5.13. The quantitative estimate of drug-likeness (QED) is 0.849. The summed E-state index contributed by atoms with van der Waals surface area (Å²) in [6.45, 7) is 1.89. The lowest BCUT2D eigenvalue weighted by molar-refractivity contribution is 0.249. The Morgan fingerprint density at radius 3 is 2.25 bits per heavy atom. The first-order chi connectivity index (χ1) is 11.6. The fourth-order valence-electron chi connectivity index (χ4n) is 2.31. The van der Waals surface area contributed by atoms with E-state index in [-0.39, 0.29) is 12.1 Å². The third-order valence-corrected chi connectivity index (χ3v) is 3.61. The van der Waals surface area contributed by atoms with E-state index in [9.17, 15) is 4.79 Å². The van der Waals surface area contributed by atoms with Crippen molar-refractivity contribution in [1.29, 1.82) is 0 Å². The molecule has 0 saturated heterocycles. The molecule has 0 aliphatic carbocycles. The van der Waals surface area contributed by atoms with Crippen molar-refractivity contribution in [2.45, 2.75) is 13.0 Å². The fraction of sp³-hybridized carbons (Fsp3) is 0.278. The van der Waals surface area contributed by atoms with Crippen LogP contribution in [0.1, 0.15) is 18.5 Å². The standard InChI is InChI=1S/C18H22N2O4/c1-12(13-9-10-16(23-3)17(11-13)24-4)19-18(21)20-14-7-5-6-8-15(14)22-2/h5-12H,1-4H3,(H2,19,20,21)/t12-/m1/s1. The van der Waals surface area contributed by atoms with Crippen molar-refractivity contribution in [1.82, 2.24) is 5.32 Å². The molecule has 1 atom stereocenters. The van der Waals surface area contributed by atoms with E-state index in [1.807, 2.05) is 37.3 Å². The van der Waals surface area contributed by atoms with E-state index in [4.69, 9.17) is 14.2 Å². The number of methoxy groups -OCH3 is 3. The highest BCUT2D eigenvalue weighted by molar-refractivity contribution is 5.91. The second kappa shape index (κ2) is 8.10. The Morgan fingerprint density at radius 1 is 0.917 bits per heavy atom. The van der Waals surface area contributed by atoms with E-state index in [0.717, 1.165) is 5.56 Å². The van der Waals surface area contributed by atoms with Gasteiger partial charge in [0.25, 0.3) is 0 Å². The van der Waals surface area contributed by atoms with Crippen molar-refractivity contribution in [2.24, 2.45) is 0 Å². The number of nitrogens with one attached hydrogen (secondary N) is 2. The molecule has 0 aromatic heterocycles. The highest BCUT2D eigenvalue weighted by Gasteiger charge is 2.13. The third kappa shape index (κ3) is 4.10. The van der Waals surface area contributed by atoms with Crippen LogP contribution in [0.5, 0.6) is 17.2 Å². The molecule has 0 bridgehead atoms. The van der Waals surface area contributed by atoms with Crippen molar-refractivity contribution in [3.05, 3.63) is 48.0 Å². The average Bonchev–Trinajstić information content (AvgIpc) is 2.61. The van der Waals surface area contributed by atoms with E-state index < -0.39 is 0 Å². The van der Waals surface area contributed by atoms with Crippen molar-refractivity contribution in [2.75, 3.05) is 26.6 Å². The van der Waals surface area contributed by atoms with E-state index >= 15 is 0 Å². The number of anilines is 1. The van der Waals surface area contributed by atoms with Gasteiger partial charge in [0.15, 0.2) is 11.5 Å². The molecule has 2 aromatic carbocycles. The maximum atomic E-state index is 12.2. The number of hydrogen-bond acceptors (Lipinski definition) is 4. The monoisotopic (exact) mass is 330 g/mol. The molecule has 0 fully saturated rings. The molecule has 0 aliphatic heterocycles. The summed E-state index contributed by atoms with van der Waals surface area (Å²) in [5.41, 5.74) is 1.51. The molecule has 2 amide bonds. The molecular formula is C18H22N2O4. The molecule has 0 radical (unpaired) electrons. The van der Waals surface area contributed by atoms with E-state index in [2.05, 4.69) is 10.6 Å². The Morgan fingerprint density at radius 2 is 1.58 bits per heavy atom. The van der Waals surface area contributed by atoms with Crippen LogP contribution in [0.4, 0.5) is 10.5 Å². The number of urea groups is 1. The highest BCUT2D eigenvalue weighted by Crippen LogP contribution is 2.30. The fourth-order valence-corrected chi connectivity index (χ4v) is 2.31. The Hall–Kier alpha value is -2.89. The number of carbonyl (C=O) groups is 1.